The summed E-state index contributed by atoms with van der Waals surface area (Å²) in [7, 11) is 0. The SMILES string of the molecule is O=C(CSCC(=O)NCC1CCC1)NCCn1ccccc1=O. The quantitative estimate of drug-likeness (QED) is 0.692. The average molecular weight is 337 g/mol. The van der Waals surface area contributed by atoms with E-state index < -0.39 is 0 Å². The van der Waals surface area contributed by atoms with Crippen LogP contribution >= 0.6 is 11.8 Å². The molecule has 1 fully saturated rings. The van der Waals surface area contributed by atoms with Crippen molar-refractivity contribution in [2.75, 3.05) is 24.6 Å². The van der Waals surface area contributed by atoms with E-state index in [4.69, 9.17) is 0 Å². The Hall–Kier alpha value is -1.76. The first kappa shape index (κ1) is 17.6. The molecule has 2 rings (SSSR count). The molecule has 2 amide bonds. The molecule has 1 aliphatic carbocycles. The number of thioether (sulfide) groups is 1. The average Bonchev–Trinajstić information content (AvgIpc) is 2.47. The minimum atomic E-state index is -0.120. The van der Waals surface area contributed by atoms with Crippen LogP contribution < -0.4 is 16.2 Å². The molecule has 0 atom stereocenters. The first-order valence-corrected chi connectivity index (χ1v) is 9.07. The predicted molar refractivity (Wildman–Crippen MR) is 91.4 cm³/mol. The van der Waals surface area contributed by atoms with Gasteiger partial charge in [-0.3, -0.25) is 14.4 Å². The maximum absolute atomic E-state index is 11.7. The molecular formula is C16H23N3O3S. The Morgan fingerprint density at radius 1 is 1.17 bits per heavy atom. The van der Waals surface area contributed by atoms with Gasteiger partial charge in [0.25, 0.3) is 5.56 Å². The second-order valence-electron chi connectivity index (χ2n) is 5.68. The molecule has 1 aromatic heterocycles. The lowest BCUT2D eigenvalue weighted by Gasteiger charge is -2.25. The fraction of sp³-hybridized carbons (Fsp3) is 0.562. The van der Waals surface area contributed by atoms with Crippen molar-refractivity contribution in [2.24, 2.45) is 5.92 Å². The minimum Gasteiger partial charge on any atom is -0.355 e. The van der Waals surface area contributed by atoms with E-state index in [1.807, 2.05) is 0 Å². The maximum Gasteiger partial charge on any atom is 0.250 e. The number of hydrogen-bond donors (Lipinski definition) is 2. The predicted octanol–water partition coefficient (Wildman–Crippen LogP) is 0.614. The van der Waals surface area contributed by atoms with E-state index in [0.717, 1.165) is 6.54 Å². The number of pyridine rings is 1. The summed E-state index contributed by atoms with van der Waals surface area (Å²) >= 11 is 1.30. The van der Waals surface area contributed by atoms with E-state index in [9.17, 15) is 14.4 Å². The molecule has 0 aliphatic heterocycles. The number of aromatic nitrogens is 1. The number of carbonyl (C=O) groups is 2. The van der Waals surface area contributed by atoms with Gasteiger partial charge in [0.1, 0.15) is 0 Å². The number of nitrogens with one attached hydrogen (secondary N) is 2. The number of carbonyl (C=O) groups excluding carboxylic acids is 2. The highest BCUT2D eigenvalue weighted by Crippen LogP contribution is 2.25. The van der Waals surface area contributed by atoms with Crippen LogP contribution in [-0.4, -0.2) is 41.0 Å². The highest BCUT2D eigenvalue weighted by molar-refractivity contribution is 8.00. The standard InChI is InChI=1S/C16H23N3O3S/c20-14(17-7-9-19-8-2-1-6-16(19)22)11-23-12-15(21)18-10-13-4-3-5-13/h1-2,6,8,13H,3-5,7,9-12H2,(H,17,20)(H,18,21). The van der Waals surface area contributed by atoms with E-state index in [0.29, 0.717) is 24.8 Å². The Morgan fingerprint density at radius 2 is 1.91 bits per heavy atom. The zero-order valence-corrected chi connectivity index (χ0v) is 13.9. The molecule has 1 aliphatic rings. The Balaban J connectivity index is 1.52. The van der Waals surface area contributed by atoms with Crippen LogP contribution in [-0.2, 0) is 16.1 Å². The highest BCUT2D eigenvalue weighted by atomic mass is 32.2. The number of nitrogens with zero attached hydrogens (tertiary/aromatic N) is 1. The molecule has 1 heterocycles. The molecule has 0 aromatic carbocycles. The zero-order chi connectivity index (χ0) is 16.5. The molecule has 126 valence electrons. The summed E-state index contributed by atoms with van der Waals surface area (Å²) in [5.41, 5.74) is -0.0840. The third-order valence-corrected chi connectivity index (χ3v) is 4.79. The molecule has 0 saturated heterocycles. The topological polar surface area (TPSA) is 80.2 Å². The van der Waals surface area contributed by atoms with Gasteiger partial charge in [-0.25, -0.2) is 0 Å². The molecule has 1 saturated carbocycles. The zero-order valence-electron chi connectivity index (χ0n) is 13.1. The van der Waals surface area contributed by atoms with E-state index in [1.165, 1.54) is 37.1 Å². The molecule has 6 nitrogen and oxygen atoms in total. The molecule has 0 unspecified atom stereocenters. The van der Waals surface area contributed by atoms with Gasteiger partial charge in [-0.05, 0) is 24.8 Å². The first-order valence-electron chi connectivity index (χ1n) is 7.92. The summed E-state index contributed by atoms with van der Waals surface area (Å²) < 4.78 is 1.54. The summed E-state index contributed by atoms with van der Waals surface area (Å²) in [4.78, 5) is 34.8. The van der Waals surface area contributed by atoms with Crippen LogP contribution in [0.25, 0.3) is 0 Å². The van der Waals surface area contributed by atoms with E-state index in [2.05, 4.69) is 10.6 Å². The van der Waals surface area contributed by atoms with Crippen molar-refractivity contribution in [1.82, 2.24) is 15.2 Å². The van der Waals surface area contributed by atoms with Crippen molar-refractivity contribution in [2.45, 2.75) is 25.8 Å². The van der Waals surface area contributed by atoms with E-state index in [1.54, 1.807) is 22.9 Å². The molecule has 23 heavy (non-hydrogen) atoms. The Labute approximate surface area is 140 Å². The lowest BCUT2D eigenvalue weighted by Crippen LogP contribution is -2.34. The van der Waals surface area contributed by atoms with Gasteiger partial charge in [0, 0.05) is 31.9 Å². The third-order valence-electron chi connectivity index (χ3n) is 3.85. The lowest BCUT2D eigenvalue weighted by atomic mass is 9.85. The Morgan fingerprint density at radius 3 is 2.57 bits per heavy atom. The fourth-order valence-corrected chi connectivity index (χ4v) is 2.93. The lowest BCUT2D eigenvalue weighted by molar-refractivity contribution is -0.119. The highest BCUT2D eigenvalue weighted by Gasteiger charge is 2.17. The van der Waals surface area contributed by atoms with Crippen molar-refractivity contribution >= 4 is 23.6 Å². The maximum atomic E-state index is 11.7. The van der Waals surface area contributed by atoms with Gasteiger partial charge in [0.2, 0.25) is 11.8 Å². The second kappa shape index (κ2) is 9.39. The summed E-state index contributed by atoms with van der Waals surface area (Å²) in [5.74, 6) is 1.07. The number of amides is 2. The molecule has 0 bridgehead atoms. The van der Waals surface area contributed by atoms with Gasteiger partial charge < -0.3 is 15.2 Å². The summed E-state index contributed by atoms with van der Waals surface area (Å²) in [6.07, 6.45) is 5.38. The molecular weight excluding hydrogens is 314 g/mol. The summed E-state index contributed by atoms with van der Waals surface area (Å²) in [6, 6.07) is 4.95. The van der Waals surface area contributed by atoms with Crippen LogP contribution in [0.3, 0.4) is 0 Å². The van der Waals surface area contributed by atoms with E-state index in [-0.39, 0.29) is 23.1 Å². The monoisotopic (exact) mass is 337 g/mol. The van der Waals surface area contributed by atoms with Gasteiger partial charge >= 0.3 is 0 Å². The number of rotatable bonds is 9. The fourth-order valence-electron chi connectivity index (χ4n) is 2.25. The van der Waals surface area contributed by atoms with Gasteiger partial charge in [-0.15, -0.1) is 11.8 Å². The van der Waals surface area contributed by atoms with Crippen molar-refractivity contribution in [1.29, 1.82) is 0 Å². The largest absolute Gasteiger partial charge is 0.355 e. The Kier molecular flexibility index (Phi) is 7.19. The summed E-state index contributed by atoms with van der Waals surface area (Å²) in [6.45, 7) is 1.60. The van der Waals surface area contributed by atoms with Crippen LogP contribution in [0.1, 0.15) is 19.3 Å². The normalized spacial score (nSPS) is 14.1. The smallest absolute Gasteiger partial charge is 0.250 e. The molecule has 2 N–H and O–H groups in total. The third kappa shape index (κ3) is 6.48. The second-order valence-corrected chi connectivity index (χ2v) is 6.66. The minimum absolute atomic E-state index is 0.00876. The Bertz CT molecular complexity index is 584. The molecule has 1 aromatic rings. The van der Waals surface area contributed by atoms with Crippen LogP contribution in [0.5, 0.6) is 0 Å². The van der Waals surface area contributed by atoms with Crippen molar-refractivity contribution in [3.63, 3.8) is 0 Å². The van der Waals surface area contributed by atoms with Crippen molar-refractivity contribution < 1.29 is 9.59 Å². The number of hydrogen-bond acceptors (Lipinski definition) is 4. The summed E-state index contributed by atoms with van der Waals surface area (Å²) in [5, 5.41) is 5.65. The van der Waals surface area contributed by atoms with Crippen LogP contribution in [0, 0.1) is 5.92 Å². The van der Waals surface area contributed by atoms with E-state index >= 15 is 0 Å². The van der Waals surface area contributed by atoms with Crippen LogP contribution in [0.2, 0.25) is 0 Å². The van der Waals surface area contributed by atoms with Gasteiger partial charge in [-0.2, -0.15) is 0 Å². The van der Waals surface area contributed by atoms with Gasteiger partial charge in [0.05, 0.1) is 11.5 Å². The molecule has 7 heteroatoms. The van der Waals surface area contributed by atoms with Crippen molar-refractivity contribution in [3.8, 4) is 0 Å². The van der Waals surface area contributed by atoms with Crippen LogP contribution in [0.4, 0.5) is 0 Å². The first-order chi connectivity index (χ1) is 11.1. The molecule has 0 radical (unpaired) electrons. The van der Waals surface area contributed by atoms with Gasteiger partial charge in [-0.1, -0.05) is 12.5 Å². The van der Waals surface area contributed by atoms with Crippen LogP contribution in [0.15, 0.2) is 29.2 Å². The molecule has 0 spiro atoms. The van der Waals surface area contributed by atoms with Gasteiger partial charge in [0.15, 0.2) is 0 Å². The van der Waals surface area contributed by atoms with Crippen molar-refractivity contribution in [3.05, 3.63) is 34.7 Å².